The first kappa shape index (κ1) is 13.5. The fourth-order valence-corrected chi connectivity index (χ4v) is 2.04. The second-order valence-corrected chi connectivity index (χ2v) is 5.09. The highest BCUT2D eigenvalue weighted by Gasteiger charge is 2.10. The summed E-state index contributed by atoms with van der Waals surface area (Å²) in [5.74, 6) is 0.0124. The maximum atomic E-state index is 12.1. The third kappa shape index (κ3) is 3.12. The Morgan fingerprint density at radius 2 is 2.00 bits per heavy atom. The van der Waals surface area contributed by atoms with Crippen molar-refractivity contribution in [2.75, 3.05) is 5.32 Å². The third-order valence-corrected chi connectivity index (χ3v) is 3.21. The lowest BCUT2D eigenvalue weighted by Crippen LogP contribution is -2.13. The van der Waals surface area contributed by atoms with Gasteiger partial charge in [0, 0.05) is 17.4 Å². The van der Waals surface area contributed by atoms with E-state index in [9.17, 15) is 9.90 Å². The van der Waals surface area contributed by atoms with Crippen molar-refractivity contribution < 1.29 is 9.90 Å². The van der Waals surface area contributed by atoms with Crippen molar-refractivity contribution in [2.24, 2.45) is 0 Å². The Hall–Kier alpha value is -1.88. The lowest BCUT2D eigenvalue weighted by Gasteiger charge is -2.10. The number of hydrogen-bond donors (Lipinski definition) is 2. The number of aromatic hydroxyl groups is 1. The fourth-order valence-electron chi connectivity index (χ4n) is 1.67. The van der Waals surface area contributed by atoms with Gasteiger partial charge in [-0.15, -0.1) is 0 Å². The summed E-state index contributed by atoms with van der Waals surface area (Å²) < 4.78 is 0.610. The standard InChI is InChI=1S/C14H13BrN2O2/c1-8-6-12(18)9(2)5-11(8)17-14(19)10-3-4-16-13(15)7-10/h3-7,18H,1-2H3,(H,17,19). The zero-order valence-corrected chi connectivity index (χ0v) is 12.2. The van der Waals surface area contributed by atoms with E-state index in [-0.39, 0.29) is 11.7 Å². The van der Waals surface area contributed by atoms with Crippen LogP contribution < -0.4 is 5.32 Å². The molecular weight excluding hydrogens is 308 g/mol. The molecule has 0 unspecified atom stereocenters. The molecule has 0 spiro atoms. The molecule has 0 saturated carbocycles. The number of amides is 1. The van der Waals surface area contributed by atoms with E-state index in [0.717, 1.165) is 11.1 Å². The Kier molecular flexibility index (Phi) is 3.85. The number of pyridine rings is 1. The number of phenolic OH excluding ortho intramolecular Hbond substituents is 1. The maximum Gasteiger partial charge on any atom is 0.255 e. The van der Waals surface area contributed by atoms with E-state index in [0.29, 0.717) is 15.9 Å². The number of carbonyl (C=O) groups excluding carboxylic acids is 1. The fraction of sp³-hybridized carbons (Fsp3) is 0.143. The van der Waals surface area contributed by atoms with E-state index in [1.807, 2.05) is 6.92 Å². The zero-order chi connectivity index (χ0) is 14.0. The largest absolute Gasteiger partial charge is 0.508 e. The number of aromatic nitrogens is 1. The Morgan fingerprint density at radius 1 is 1.26 bits per heavy atom. The summed E-state index contributed by atoms with van der Waals surface area (Å²) in [6, 6.07) is 6.67. The van der Waals surface area contributed by atoms with Crippen molar-refractivity contribution in [3.05, 3.63) is 51.8 Å². The van der Waals surface area contributed by atoms with Crippen LogP contribution in [0.4, 0.5) is 5.69 Å². The number of phenols is 1. The Bertz CT molecular complexity index is 641. The summed E-state index contributed by atoms with van der Waals surface area (Å²) in [6.45, 7) is 3.62. The van der Waals surface area contributed by atoms with Gasteiger partial charge in [-0.1, -0.05) is 0 Å². The number of halogens is 1. The minimum atomic E-state index is -0.212. The number of carbonyl (C=O) groups is 1. The van der Waals surface area contributed by atoms with Gasteiger partial charge >= 0.3 is 0 Å². The molecule has 0 fully saturated rings. The highest BCUT2D eigenvalue weighted by Crippen LogP contribution is 2.25. The van der Waals surface area contributed by atoms with Gasteiger partial charge in [-0.05, 0) is 65.2 Å². The molecule has 1 amide bonds. The van der Waals surface area contributed by atoms with Gasteiger partial charge in [0.2, 0.25) is 0 Å². The van der Waals surface area contributed by atoms with Crippen LogP contribution in [0.25, 0.3) is 0 Å². The van der Waals surface area contributed by atoms with Crippen molar-refractivity contribution in [2.45, 2.75) is 13.8 Å². The van der Waals surface area contributed by atoms with E-state index >= 15 is 0 Å². The molecule has 2 aromatic rings. The summed E-state index contributed by atoms with van der Waals surface area (Å²) in [6.07, 6.45) is 1.56. The van der Waals surface area contributed by atoms with E-state index in [1.54, 1.807) is 37.4 Å². The zero-order valence-electron chi connectivity index (χ0n) is 10.6. The van der Waals surface area contributed by atoms with Gasteiger partial charge in [-0.2, -0.15) is 0 Å². The molecule has 4 nitrogen and oxygen atoms in total. The minimum absolute atomic E-state index is 0.212. The smallest absolute Gasteiger partial charge is 0.255 e. The van der Waals surface area contributed by atoms with E-state index in [2.05, 4.69) is 26.2 Å². The van der Waals surface area contributed by atoms with Crippen molar-refractivity contribution in [1.29, 1.82) is 0 Å². The van der Waals surface area contributed by atoms with E-state index < -0.39 is 0 Å². The predicted octanol–water partition coefficient (Wildman–Crippen LogP) is 3.42. The van der Waals surface area contributed by atoms with Gasteiger partial charge < -0.3 is 10.4 Å². The van der Waals surface area contributed by atoms with Crippen LogP contribution in [-0.4, -0.2) is 16.0 Å². The molecule has 0 saturated heterocycles. The summed E-state index contributed by atoms with van der Waals surface area (Å²) in [7, 11) is 0. The lowest BCUT2D eigenvalue weighted by molar-refractivity contribution is 0.102. The average molecular weight is 321 g/mol. The molecule has 0 atom stereocenters. The number of nitrogens with one attached hydrogen (secondary N) is 1. The molecule has 2 rings (SSSR count). The summed E-state index contributed by atoms with van der Waals surface area (Å²) in [5, 5.41) is 12.4. The summed E-state index contributed by atoms with van der Waals surface area (Å²) in [5.41, 5.74) is 2.74. The highest BCUT2D eigenvalue weighted by molar-refractivity contribution is 9.10. The summed E-state index contributed by atoms with van der Waals surface area (Å²) in [4.78, 5) is 16.1. The first-order valence-electron chi connectivity index (χ1n) is 5.70. The molecule has 0 aliphatic carbocycles. The normalized spacial score (nSPS) is 10.3. The van der Waals surface area contributed by atoms with E-state index in [4.69, 9.17) is 0 Å². The van der Waals surface area contributed by atoms with Gasteiger partial charge in [0.15, 0.2) is 0 Å². The molecule has 0 aliphatic rings. The molecule has 0 radical (unpaired) electrons. The average Bonchev–Trinajstić information content (AvgIpc) is 2.36. The van der Waals surface area contributed by atoms with Crippen molar-refractivity contribution >= 4 is 27.5 Å². The van der Waals surface area contributed by atoms with Crippen LogP contribution in [0.1, 0.15) is 21.5 Å². The molecule has 1 heterocycles. The molecule has 2 N–H and O–H groups in total. The van der Waals surface area contributed by atoms with Gasteiger partial charge in [0.05, 0.1) is 0 Å². The van der Waals surface area contributed by atoms with Crippen LogP contribution in [0.15, 0.2) is 35.1 Å². The molecule has 5 heteroatoms. The quantitative estimate of drug-likeness (QED) is 0.658. The summed E-state index contributed by atoms with van der Waals surface area (Å²) >= 11 is 3.23. The van der Waals surface area contributed by atoms with Crippen LogP contribution in [0.3, 0.4) is 0 Å². The van der Waals surface area contributed by atoms with Gasteiger partial charge in [0.25, 0.3) is 5.91 Å². The number of rotatable bonds is 2. The molecule has 1 aromatic carbocycles. The first-order valence-corrected chi connectivity index (χ1v) is 6.50. The van der Waals surface area contributed by atoms with Gasteiger partial charge in [-0.25, -0.2) is 4.98 Å². The van der Waals surface area contributed by atoms with Crippen LogP contribution in [0, 0.1) is 13.8 Å². The van der Waals surface area contributed by atoms with Crippen molar-refractivity contribution in [3.8, 4) is 5.75 Å². The molecule has 0 aliphatic heterocycles. The Morgan fingerprint density at radius 3 is 2.68 bits per heavy atom. The monoisotopic (exact) mass is 320 g/mol. The number of nitrogens with zero attached hydrogens (tertiary/aromatic N) is 1. The lowest BCUT2D eigenvalue weighted by atomic mass is 10.1. The third-order valence-electron chi connectivity index (χ3n) is 2.78. The maximum absolute atomic E-state index is 12.1. The molecule has 0 bridgehead atoms. The predicted molar refractivity (Wildman–Crippen MR) is 77.5 cm³/mol. The topological polar surface area (TPSA) is 62.2 Å². The minimum Gasteiger partial charge on any atom is -0.508 e. The van der Waals surface area contributed by atoms with Crippen LogP contribution in [-0.2, 0) is 0 Å². The second-order valence-electron chi connectivity index (χ2n) is 4.27. The van der Waals surface area contributed by atoms with E-state index in [1.165, 1.54) is 0 Å². The van der Waals surface area contributed by atoms with Crippen molar-refractivity contribution in [3.63, 3.8) is 0 Å². The van der Waals surface area contributed by atoms with Crippen LogP contribution in [0.5, 0.6) is 5.75 Å². The highest BCUT2D eigenvalue weighted by atomic mass is 79.9. The molecule has 19 heavy (non-hydrogen) atoms. The molecule has 98 valence electrons. The number of hydrogen-bond acceptors (Lipinski definition) is 3. The van der Waals surface area contributed by atoms with Crippen LogP contribution >= 0.6 is 15.9 Å². The Labute approximate surface area is 119 Å². The number of aryl methyl sites for hydroxylation is 2. The first-order chi connectivity index (χ1) is 8.97. The molecule has 1 aromatic heterocycles. The molecular formula is C14H13BrN2O2. The number of anilines is 1. The number of benzene rings is 1. The van der Waals surface area contributed by atoms with Gasteiger partial charge in [0.1, 0.15) is 10.4 Å². The Balaban J connectivity index is 2.27. The second kappa shape index (κ2) is 5.40. The SMILES string of the molecule is Cc1cc(NC(=O)c2ccnc(Br)c2)c(C)cc1O. The van der Waals surface area contributed by atoms with Gasteiger partial charge in [-0.3, -0.25) is 4.79 Å². The van der Waals surface area contributed by atoms with Crippen molar-refractivity contribution in [1.82, 2.24) is 4.98 Å². The van der Waals surface area contributed by atoms with Crippen LogP contribution in [0.2, 0.25) is 0 Å².